The number of fused-ring (bicyclic) bond motifs is 1. The van der Waals surface area contributed by atoms with E-state index < -0.39 is 0 Å². The minimum atomic E-state index is 0.126. The molecule has 2 aromatic rings. The van der Waals surface area contributed by atoms with E-state index in [1.807, 2.05) is 12.1 Å². The molecule has 1 aliphatic heterocycles. The van der Waals surface area contributed by atoms with E-state index in [1.54, 1.807) is 14.2 Å². The predicted molar refractivity (Wildman–Crippen MR) is 110 cm³/mol. The molecule has 1 unspecified atom stereocenters. The van der Waals surface area contributed by atoms with E-state index in [2.05, 4.69) is 41.3 Å². The van der Waals surface area contributed by atoms with E-state index in [-0.39, 0.29) is 5.78 Å². The molecular formula is C24H27NO3. The first-order chi connectivity index (χ1) is 13.7. The number of carbonyl (C=O) groups excluding carboxylic acids is 1. The fourth-order valence-corrected chi connectivity index (χ4v) is 4.32. The number of methoxy groups -OCH3 is 2. The number of piperidine rings is 1. The lowest BCUT2D eigenvalue weighted by atomic mass is 9.97. The summed E-state index contributed by atoms with van der Waals surface area (Å²) in [5.41, 5.74) is 3.99. The summed E-state index contributed by atoms with van der Waals surface area (Å²) >= 11 is 0. The molecule has 4 heteroatoms. The van der Waals surface area contributed by atoms with Crippen LogP contribution in [0.25, 0.3) is 0 Å². The third kappa shape index (κ3) is 3.69. The van der Waals surface area contributed by atoms with Crippen molar-refractivity contribution in [3.8, 4) is 11.5 Å². The van der Waals surface area contributed by atoms with Crippen molar-refractivity contribution in [1.82, 2.24) is 4.90 Å². The molecule has 0 N–H and O–H groups in total. The molecule has 28 heavy (non-hydrogen) atoms. The third-order valence-electron chi connectivity index (χ3n) is 5.81. The normalized spacial score (nSPS) is 21.0. The van der Waals surface area contributed by atoms with Crippen molar-refractivity contribution in [1.29, 1.82) is 0 Å². The number of ketones is 1. The number of likely N-dealkylation sites (tertiary alicyclic amines) is 1. The van der Waals surface area contributed by atoms with Gasteiger partial charge in [0, 0.05) is 30.1 Å². The van der Waals surface area contributed by atoms with Gasteiger partial charge in [-0.3, -0.25) is 9.69 Å². The van der Waals surface area contributed by atoms with E-state index >= 15 is 0 Å². The van der Waals surface area contributed by atoms with Crippen molar-refractivity contribution in [2.24, 2.45) is 0 Å². The molecule has 1 saturated heterocycles. The van der Waals surface area contributed by atoms with Crippen molar-refractivity contribution in [3.63, 3.8) is 0 Å². The van der Waals surface area contributed by atoms with E-state index in [0.717, 1.165) is 36.2 Å². The molecule has 4 rings (SSSR count). The van der Waals surface area contributed by atoms with Crippen molar-refractivity contribution >= 4 is 5.78 Å². The Hall–Kier alpha value is -2.59. The molecule has 1 heterocycles. The molecule has 0 radical (unpaired) electrons. The second-order valence-electron chi connectivity index (χ2n) is 7.58. The van der Waals surface area contributed by atoms with Crippen LogP contribution in [0.5, 0.6) is 11.5 Å². The second kappa shape index (κ2) is 8.19. The maximum Gasteiger partial charge on any atom is 0.189 e. The van der Waals surface area contributed by atoms with E-state index in [1.165, 1.54) is 18.4 Å². The van der Waals surface area contributed by atoms with Crippen LogP contribution in [-0.2, 0) is 13.0 Å². The van der Waals surface area contributed by atoms with Crippen molar-refractivity contribution in [2.75, 3.05) is 20.8 Å². The van der Waals surface area contributed by atoms with Crippen LogP contribution in [0.3, 0.4) is 0 Å². The molecule has 2 aliphatic rings. The van der Waals surface area contributed by atoms with E-state index in [9.17, 15) is 4.79 Å². The lowest BCUT2D eigenvalue weighted by molar-refractivity contribution is 0.103. The lowest BCUT2D eigenvalue weighted by Gasteiger charge is -2.34. The molecular weight excluding hydrogens is 350 g/mol. The fraction of sp³-hybridized carbons (Fsp3) is 0.375. The van der Waals surface area contributed by atoms with Crippen molar-refractivity contribution < 1.29 is 14.3 Å². The maximum absolute atomic E-state index is 13.0. The number of allylic oxidation sites excluding steroid dienone is 1. The highest BCUT2D eigenvalue weighted by molar-refractivity contribution is 6.13. The molecule has 0 saturated carbocycles. The van der Waals surface area contributed by atoms with Crippen LogP contribution in [0.1, 0.15) is 40.7 Å². The second-order valence-corrected chi connectivity index (χ2v) is 7.58. The van der Waals surface area contributed by atoms with Gasteiger partial charge < -0.3 is 9.47 Å². The summed E-state index contributed by atoms with van der Waals surface area (Å²) in [6.07, 6.45) is 6.41. The SMILES string of the molecule is COc1cc2c(cc1OC)C(=O)/C(=C/C1CCCCN1Cc1ccccc1)C2. The number of benzene rings is 2. The highest BCUT2D eigenvalue weighted by Gasteiger charge is 2.29. The average molecular weight is 377 g/mol. The molecule has 0 amide bonds. The van der Waals surface area contributed by atoms with Crippen LogP contribution >= 0.6 is 0 Å². The van der Waals surface area contributed by atoms with Gasteiger partial charge in [-0.1, -0.05) is 42.8 Å². The molecule has 1 atom stereocenters. The van der Waals surface area contributed by atoms with Crippen LogP contribution < -0.4 is 9.47 Å². The summed E-state index contributed by atoms with van der Waals surface area (Å²) in [4.78, 5) is 15.5. The highest BCUT2D eigenvalue weighted by atomic mass is 16.5. The van der Waals surface area contributed by atoms with E-state index in [4.69, 9.17) is 9.47 Å². The van der Waals surface area contributed by atoms with Gasteiger partial charge in [0.05, 0.1) is 14.2 Å². The molecule has 146 valence electrons. The monoisotopic (exact) mass is 377 g/mol. The van der Waals surface area contributed by atoms with Crippen LogP contribution in [0.4, 0.5) is 0 Å². The van der Waals surface area contributed by atoms with Crippen molar-refractivity contribution in [2.45, 2.75) is 38.3 Å². The Morgan fingerprint density at radius 2 is 1.82 bits per heavy atom. The molecule has 0 aromatic heterocycles. The first-order valence-electron chi connectivity index (χ1n) is 9.98. The predicted octanol–water partition coefficient (Wildman–Crippen LogP) is 4.42. The zero-order chi connectivity index (χ0) is 19.5. The zero-order valence-electron chi connectivity index (χ0n) is 16.6. The number of rotatable bonds is 5. The molecule has 0 spiro atoms. The van der Waals surface area contributed by atoms with Crippen LogP contribution in [0.15, 0.2) is 54.1 Å². The zero-order valence-corrected chi connectivity index (χ0v) is 16.6. The summed E-state index contributed by atoms with van der Waals surface area (Å²) in [5.74, 6) is 1.42. The number of carbonyl (C=O) groups is 1. The van der Waals surface area contributed by atoms with Gasteiger partial charge in [0.1, 0.15) is 0 Å². The largest absolute Gasteiger partial charge is 0.493 e. The quantitative estimate of drug-likeness (QED) is 0.723. The fourth-order valence-electron chi connectivity index (χ4n) is 4.32. The van der Waals surface area contributed by atoms with Crippen LogP contribution in [0, 0.1) is 0 Å². The van der Waals surface area contributed by atoms with Gasteiger partial charge in [-0.05, 0) is 42.6 Å². The van der Waals surface area contributed by atoms with Gasteiger partial charge in [0.2, 0.25) is 0 Å². The molecule has 2 aromatic carbocycles. The number of hydrogen-bond acceptors (Lipinski definition) is 4. The first kappa shape index (κ1) is 18.8. The van der Waals surface area contributed by atoms with Gasteiger partial charge in [0.25, 0.3) is 0 Å². The topological polar surface area (TPSA) is 38.8 Å². The number of hydrogen-bond donors (Lipinski definition) is 0. The summed E-state index contributed by atoms with van der Waals surface area (Å²) in [6, 6.07) is 14.6. The standard InChI is InChI=1S/C24H27NO3/c1-27-22-14-18-12-19(24(26)21(18)15-23(22)28-2)13-20-10-6-7-11-25(20)16-17-8-4-3-5-9-17/h3-5,8-9,13-15,20H,6-7,10-12,16H2,1-2H3/b19-13+. The number of Topliss-reactive ketones (excluding diaryl/α,β-unsaturated/α-hetero) is 1. The van der Waals surface area contributed by atoms with Gasteiger partial charge >= 0.3 is 0 Å². The summed E-state index contributed by atoms with van der Waals surface area (Å²) in [5, 5.41) is 0. The van der Waals surface area contributed by atoms with Gasteiger partial charge in [-0.25, -0.2) is 0 Å². The van der Waals surface area contributed by atoms with Gasteiger partial charge in [-0.2, -0.15) is 0 Å². The Morgan fingerprint density at radius 3 is 2.57 bits per heavy atom. The third-order valence-corrected chi connectivity index (χ3v) is 5.81. The smallest absolute Gasteiger partial charge is 0.189 e. The highest BCUT2D eigenvalue weighted by Crippen LogP contribution is 2.37. The molecule has 4 nitrogen and oxygen atoms in total. The minimum absolute atomic E-state index is 0.126. The first-order valence-corrected chi connectivity index (χ1v) is 9.98. The Kier molecular flexibility index (Phi) is 5.49. The Morgan fingerprint density at radius 1 is 1.07 bits per heavy atom. The summed E-state index contributed by atoms with van der Waals surface area (Å²) < 4.78 is 10.8. The Labute approximate surface area is 166 Å². The number of ether oxygens (including phenoxy) is 2. The summed E-state index contributed by atoms with van der Waals surface area (Å²) in [7, 11) is 3.23. The molecule has 1 aliphatic carbocycles. The van der Waals surface area contributed by atoms with E-state index in [0.29, 0.717) is 24.0 Å². The maximum atomic E-state index is 13.0. The molecule has 0 bridgehead atoms. The Balaban J connectivity index is 1.57. The van der Waals surface area contributed by atoms with Crippen LogP contribution in [-0.4, -0.2) is 37.5 Å². The van der Waals surface area contributed by atoms with Gasteiger partial charge in [-0.15, -0.1) is 0 Å². The van der Waals surface area contributed by atoms with Gasteiger partial charge in [0.15, 0.2) is 17.3 Å². The Bertz CT molecular complexity index is 888. The lowest BCUT2D eigenvalue weighted by Crippen LogP contribution is -2.38. The minimum Gasteiger partial charge on any atom is -0.493 e. The summed E-state index contributed by atoms with van der Waals surface area (Å²) in [6.45, 7) is 2.00. The van der Waals surface area contributed by atoms with Crippen LogP contribution in [0.2, 0.25) is 0 Å². The molecule has 1 fully saturated rings. The average Bonchev–Trinajstić information content (AvgIpc) is 3.03. The van der Waals surface area contributed by atoms with Crippen molar-refractivity contribution in [3.05, 3.63) is 70.8 Å². The number of nitrogens with zero attached hydrogens (tertiary/aromatic N) is 1.